The fourth-order valence-corrected chi connectivity index (χ4v) is 6.77. The number of aromatic nitrogens is 2. The number of aryl methyl sites for hydroxylation is 1. The van der Waals surface area contributed by atoms with Crippen molar-refractivity contribution in [2.24, 2.45) is 5.92 Å². The van der Waals surface area contributed by atoms with E-state index in [0.717, 1.165) is 27.0 Å². The number of imidazole rings is 1. The number of benzene rings is 1. The summed E-state index contributed by atoms with van der Waals surface area (Å²) in [5.74, 6) is 1.46. The molecule has 1 aromatic rings. The molecule has 0 saturated carbocycles. The van der Waals surface area contributed by atoms with Crippen molar-refractivity contribution in [3.05, 3.63) is 50.3 Å². The van der Waals surface area contributed by atoms with Gasteiger partial charge >= 0.3 is 5.69 Å². The molecule has 1 aromatic carbocycles. The molecule has 0 fully saturated rings. The second-order valence-corrected chi connectivity index (χ2v) is 11.8. The van der Waals surface area contributed by atoms with E-state index in [1.807, 2.05) is 13.8 Å². The quantitative estimate of drug-likeness (QED) is 0.493. The number of thioether (sulfide) groups is 1. The summed E-state index contributed by atoms with van der Waals surface area (Å²) in [4.78, 5) is 17.6. The molecule has 6 nitrogen and oxygen atoms in total. The first-order valence-electron chi connectivity index (χ1n) is 9.04. The van der Waals surface area contributed by atoms with Gasteiger partial charge in [0, 0.05) is 15.6 Å². The molecule has 0 saturated heterocycles. The highest BCUT2D eigenvalue weighted by molar-refractivity contribution is 8.01. The Bertz CT molecular complexity index is 1170. The van der Waals surface area contributed by atoms with Crippen LogP contribution in [0.5, 0.6) is 0 Å². The number of nitrogens with zero attached hydrogens (tertiary/aromatic N) is 2. The van der Waals surface area contributed by atoms with Crippen LogP contribution in [-0.4, -0.2) is 23.7 Å². The van der Waals surface area contributed by atoms with Crippen LogP contribution in [0.4, 0.5) is 5.82 Å². The highest BCUT2D eigenvalue weighted by atomic mass is 35.5. The molecule has 3 rings (SSSR count). The molecule has 0 atom stereocenters. The zero-order chi connectivity index (χ0) is 21.3. The average molecular weight is 472 g/mol. The molecule has 0 unspecified atom stereocenters. The van der Waals surface area contributed by atoms with Crippen LogP contribution in [0.15, 0.2) is 38.2 Å². The number of sulfonamides is 1. The van der Waals surface area contributed by atoms with Crippen molar-refractivity contribution in [3.63, 3.8) is 0 Å². The van der Waals surface area contributed by atoms with Crippen LogP contribution < -0.4 is 10.4 Å². The van der Waals surface area contributed by atoms with Gasteiger partial charge in [-0.05, 0) is 50.1 Å². The lowest BCUT2D eigenvalue weighted by molar-refractivity contribution is 0.601. The van der Waals surface area contributed by atoms with E-state index < -0.39 is 15.7 Å². The summed E-state index contributed by atoms with van der Waals surface area (Å²) < 4.78 is 30.5. The van der Waals surface area contributed by atoms with Crippen LogP contribution in [0.1, 0.15) is 30.8 Å². The second kappa shape index (κ2) is 8.67. The minimum atomic E-state index is -3.94. The first-order valence-corrected chi connectivity index (χ1v) is 12.7. The molecular weight excluding hydrogens is 450 g/mol. The van der Waals surface area contributed by atoms with Crippen molar-refractivity contribution in [1.82, 2.24) is 9.55 Å². The number of hydrogen-bond donors (Lipinski definition) is 1. The molecule has 2 heterocycles. The van der Waals surface area contributed by atoms with Crippen molar-refractivity contribution in [1.29, 1.82) is 0 Å². The molecule has 29 heavy (non-hydrogen) atoms. The Balaban J connectivity index is 2.07. The molecule has 156 valence electrons. The lowest BCUT2D eigenvalue weighted by atomic mass is 10.2. The fourth-order valence-electron chi connectivity index (χ4n) is 2.69. The van der Waals surface area contributed by atoms with Crippen molar-refractivity contribution < 1.29 is 8.42 Å². The minimum absolute atomic E-state index is 0.0140. The van der Waals surface area contributed by atoms with E-state index in [9.17, 15) is 13.2 Å². The van der Waals surface area contributed by atoms with Gasteiger partial charge < -0.3 is 0 Å². The van der Waals surface area contributed by atoms with E-state index in [2.05, 4.69) is 23.6 Å². The van der Waals surface area contributed by atoms with Gasteiger partial charge in [-0.25, -0.2) is 13.2 Å². The third-order valence-electron chi connectivity index (χ3n) is 4.40. The van der Waals surface area contributed by atoms with Gasteiger partial charge in [0.05, 0.1) is 9.10 Å². The Labute approximate surface area is 183 Å². The highest BCUT2D eigenvalue weighted by Gasteiger charge is 2.27. The summed E-state index contributed by atoms with van der Waals surface area (Å²) in [5, 5.41) is 0.311. The predicted molar refractivity (Wildman–Crippen MR) is 121 cm³/mol. The molecule has 0 aromatic heterocycles. The van der Waals surface area contributed by atoms with Gasteiger partial charge in [-0.3, -0.25) is 9.29 Å². The van der Waals surface area contributed by atoms with Crippen LogP contribution in [0.3, 0.4) is 0 Å². The van der Waals surface area contributed by atoms with Gasteiger partial charge in [0.1, 0.15) is 5.69 Å². The number of halogens is 1. The topological polar surface area (TPSA) is 81.1 Å². The van der Waals surface area contributed by atoms with Crippen molar-refractivity contribution >= 4 is 50.5 Å². The Morgan fingerprint density at radius 2 is 2.03 bits per heavy atom. The zero-order valence-electron chi connectivity index (χ0n) is 16.5. The van der Waals surface area contributed by atoms with Crippen LogP contribution in [0.2, 0.25) is 5.02 Å². The zero-order valence-corrected chi connectivity index (χ0v) is 19.7. The van der Waals surface area contributed by atoms with Crippen molar-refractivity contribution in [3.8, 4) is 5.69 Å². The largest absolute Gasteiger partial charge is 0.354 e. The molecule has 0 radical (unpaired) electrons. The summed E-state index contributed by atoms with van der Waals surface area (Å²) in [6.07, 6.45) is 1.01. The van der Waals surface area contributed by atoms with Crippen LogP contribution in [-0.2, 0) is 10.0 Å². The summed E-state index contributed by atoms with van der Waals surface area (Å²) in [5.41, 5.74) is 0.759. The van der Waals surface area contributed by atoms with Crippen molar-refractivity contribution in [2.45, 2.75) is 43.2 Å². The second-order valence-electron chi connectivity index (χ2n) is 7.05. The smallest absolute Gasteiger partial charge is 0.261 e. The highest BCUT2D eigenvalue weighted by Crippen LogP contribution is 2.39. The maximum Gasteiger partial charge on any atom is 0.354 e. The number of hydrogen-bond acceptors (Lipinski definition) is 6. The minimum Gasteiger partial charge on any atom is -0.261 e. The summed E-state index contributed by atoms with van der Waals surface area (Å²) in [7, 11) is -3.94. The fraction of sp³-hybridized carbons (Fsp3) is 0.368. The van der Waals surface area contributed by atoms with Gasteiger partial charge in [0.25, 0.3) is 10.0 Å². The normalized spacial score (nSPS) is 12.1. The maximum atomic E-state index is 12.8. The van der Waals surface area contributed by atoms with E-state index >= 15 is 0 Å². The molecule has 2 aliphatic rings. The van der Waals surface area contributed by atoms with Gasteiger partial charge in [0.2, 0.25) is 0 Å². The van der Waals surface area contributed by atoms with E-state index in [4.69, 9.17) is 11.6 Å². The van der Waals surface area contributed by atoms with Crippen LogP contribution in [0.25, 0.3) is 5.69 Å². The molecule has 0 amide bonds. The molecule has 1 N–H and O–H groups in total. The van der Waals surface area contributed by atoms with Gasteiger partial charge in [-0.1, -0.05) is 31.5 Å². The lowest BCUT2D eigenvalue weighted by Crippen LogP contribution is -2.17. The maximum absolute atomic E-state index is 12.8. The molecule has 0 spiro atoms. The standard InChI is InChI=1S/C19H22ClN3O3S3/c1-11(2)8-9-27-18-16-17(21-19(24)23(16)12(3)13(4)28-18)22-29(25,26)15-7-5-6-14(20)10-15/h5-7,10-11H,8-9H2,1-4H3,(H,21,22,24). The SMILES string of the molecule is Cc1sc(SCCC(C)C)c2c(NS(=O)(=O)c3cccc(Cl)c3)nc(=O)n-2c1C. The van der Waals surface area contributed by atoms with Gasteiger partial charge in [0.15, 0.2) is 5.82 Å². The Hall–Kier alpha value is -1.55. The van der Waals surface area contributed by atoms with E-state index in [-0.39, 0.29) is 10.7 Å². The third kappa shape index (κ3) is 4.79. The summed E-state index contributed by atoms with van der Waals surface area (Å²) in [6, 6.07) is 5.96. The lowest BCUT2D eigenvalue weighted by Gasteiger charge is -2.16. The molecule has 0 aliphatic carbocycles. The Kier molecular flexibility index (Phi) is 6.62. The average Bonchev–Trinajstić information content (AvgIpc) is 2.94. The van der Waals surface area contributed by atoms with E-state index in [1.165, 1.54) is 16.7 Å². The van der Waals surface area contributed by atoms with Crippen LogP contribution >= 0.6 is 34.7 Å². The molecule has 10 heteroatoms. The number of anilines is 1. The van der Waals surface area contributed by atoms with Gasteiger partial charge in [-0.15, -0.1) is 23.1 Å². The monoisotopic (exact) mass is 471 g/mol. The molecular formula is C19H22ClN3O3S3. The Morgan fingerprint density at radius 3 is 2.69 bits per heavy atom. The molecule has 2 aliphatic heterocycles. The Morgan fingerprint density at radius 1 is 1.31 bits per heavy atom. The van der Waals surface area contributed by atoms with Crippen LogP contribution in [0, 0.1) is 19.8 Å². The first-order chi connectivity index (χ1) is 13.6. The predicted octanol–water partition coefficient (Wildman–Crippen LogP) is 4.94. The van der Waals surface area contributed by atoms with Gasteiger partial charge in [-0.2, -0.15) is 4.98 Å². The number of rotatable bonds is 7. The number of fused-ring (bicyclic) bond motifs is 1. The summed E-state index contributed by atoms with van der Waals surface area (Å²) in [6.45, 7) is 8.08. The number of nitrogens with one attached hydrogen (secondary N) is 1. The van der Waals surface area contributed by atoms with Crippen molar-refractivity contribution in [2.75, 3.05) is 10.5 Å². The first kappa shape index (κ1) is 22.1. The third-order valence-corrected chi connectivity index (χ3v) is 8.45. The van der Waals surface area contributed by atoms with E-state index in [0.29, 0.717) is 16.6 Å². The summed E-state index contributed by atoms with van der Waals surface area (Å²) >= 11 is 9.10. The molecule has 0 bridgehead atoms. The van der Waals surface area contributed by atoms with E-state index in [1.54, 1.807) is 35.2 Å².